The second kappa shape index (κ2) is 7.93. The molecule has 0 spiro atoms. The summed E-state index contributed by atoms with van der Waals surface area (Å²) in [4.78, 5) is 12.2. The molecule has 7 heteroatoms. The first-order valence-electron chi connectivity index (χ1n) is 7.91. The molecule has 1 amide bonds. The van der Waals surface area contributed by atoms with Gasteiger partial charge in [-0.2, -0.15) is 0 Å². The van der Waals surface area contributed by atoms with Gasteiger partial charge < -0.3 is 10.6 Å². The van der Waals surface area contributed by atoms with Crippen LogP contribution in [0, 0.1) is 12.7 Å². The third kappa shape index (κ3) is 4.34. The Morgan fingerprint density at radius 2 is 1.92 bits per heavy atom. The molecule has 0 bridgehead atoms. The number of hydrogen-bond donors (Lipinski definition) is 2. The van der Waals surface area contributed by atoms with Gasteiger partial charge in [-0.1, -0.05) is 35.9 Å². The van der Waals surface area contributed by atoms with Gasteiger partial charge in [-0.3, -0.25) is 4.79 Å². The predicted octanol–water partition coefficient (Wildman–Crippen LogP) is 4.44. The van der Waals surface area contributed by atoms with Crippen LogP contribution in [0.1, 0.15) is 21.6 Å². The van der Waals surface area contributed by atoms with Crippen LogP contribution in [0.5, 0.6) is 0 Å². The summed E-state index contributed by atoms with van der Waals surface area (Å²) in [6, 6.07) is 15.2. The largest absolute Gasteiger partial charge is 0.364 e. The van der Waals surface area contributed by atoms with Crippen molar-refractivity contribution in [3.8, 4) is 0 Å². The number of carbonyl (C=O) groups excluding carboxylic acids is 1. The van der Waals surface area contributed by atoms with Crippen molar-refractivity contribution in [2.45, 2.75) is 13.5 Å². The summed E-state index contributed by atoms with van der Waals surface area (Å²) >= 11 is 5.70. The third-order valence-corrected chi connectivity index (χ3v) is 4.09. The molecule has 0 atom stereocenters. The fraction of sp³-hybridized carbons (Fsp3) is 0.105. The number of halogens is 2. The Hall–Kier alpha value is -2.99. The van der Waals surface area contributed by atoms with E-state index in [2.05, 4.69) is 20.8 Å². The maximum absolute atomic E-state index is 13.1. The van der Waals surface area contributed by atoms with Gasteiger partial charge in [-0.05, 0) is 48.4 Å². The molecule has 3 rings (SSSR count). The smallest absolute Gasteiger partial charge is 0.276 e. The molecule has 0 fully saturated rings. The van der Waals surface area contributed by atoms with Gasteiger partial charge in [0, 0.05) is 12.2 Å². The minimum Gasteiger partial charge on any atom is -0.364 e. The van der Waals surface area contributed by atoms with Crippen molar-refractivity contribution in [2.24, 2.45) is 0 Å². The molecule has 0 saturated carbocycles. The maximum Gasteiger partial charge on any atom is 0.276 e. The van der Waals surface area contributed by atoms with Crippen molar-refractivity contribution in [1.29, 1.82) is 0 Å². The van der Waals surface area contributed by atoms with Gasteiger partial charge >= 0.3 is 0 Å². The van der Waals surface area contributed by atoms with Crippen molar-refractivity contribution >= 4 is 29.0 Å². The van der Waals surface area contributed by atoms with Crippen LogP contribution in [-0.4, -0.2) is 16.1 Å². The summed E-state index contributed by atoms with van der Waals surface area (Å²) in [5.41, 5.74) is 2.86. The number of nitrogens with one attached hydrogen (secondary N) is 2. The molecule has 132 valence electrons. The molecule has 2 N–H and O–H groups in total. The van der Waals surface area contributed by atoms with E-state index in [1.165, 1.54) is 23.8 Å². The van der Waals surface area contributed by atoms with Crippen molar-refractivity contribution in [3.63, 3.8) is 0 Å². The first kappa shape index (κ1) is 17.8. The Morgan fingerprint density at radius 1 is 1.12 bits per heavy atom. The van der Waals surface area contributed by atoms with E-state index in [-0.39, 0.29) is 10.7 Å². The summed E-state index contributed by atoms with van der Waals surface area (Å²) in [7, 11) is 0. The van der Waals surface area contributed by atoms with Gasteiger partial charge in [-0.25, -0.2) is 4.39 Å². The van der Waals surface area contributed by atoms with Crippen LogP contribution < -0.4 is 10.6 Å². The van der Waals surface area contributed by atoms with Crippen molar-refractivity contribution in [3.05, 3.63) is 82.3 Å². The number of rotatable bonds is 5. The number of nitrogens with zero attached hydrogens (tertiary/aromatic N) is 2. The molecule has 5 nitrogen and oxygen atoms in total. The lowest BCUT2D eigenvalue weighted by atomic mass is 10.1. The molecule has 0 radical (unpaired) electrons. The molecule has 0 aliphatic heterocycles. The van der Waals surface area contributed by atoms with Gasteiger partial charge in [0.1, 0.15) is 11.6 Å². The van der Waals surface area contributed by atoms with Crippen LogP contribution in [0.25, 0.3) is 0 Å². The van der Waals surface area contributed by atoms with Gasteiger partial charge in [0.15, 0.2) is 5.69 Å². The highest BCUT2D eigenvalue weighted by Gasteiger charge is 2.10. The van der Waals surface area contributed by atoms with Crippen molar-refractivity contribution < 1.29 is 9.18 Å². The lowest BCUT2D eigenvalue weighted by Crippen LogP contribution is -2.15. The summed E-state index contributed by atoms with van der Waals surface area (Å²) in [6.45, 7) is 2.65. The van der Waals surface area contributed by atoms with E-state index >= 15 is 0 Å². The first-order valence-corrected chi connectivity index (χ1v) is 8.29. The Bertz CT molecular complexity index is 931. The number of aryl methyl sites for hydroxylation is 1. The molecule has 0 unspecified atom stereocenters. The predicted molar refractivity (Wildman–Crippen MR) is 99.9 cm³/mol. The number of carbonyl (C=O) groups is 1. The zero-order valence-electron chi connectivity index (χ0n) is 14.0. The quantitative estimate of drug-likeness (QED) is 0.696. The summed E-state index contributed by atoms with van der Waals surface area (Å²) in [5, 5.41) is 13.6. The van der Waals surface area contributed by atoms with E-state index in [1.807, 2.05) is 31.2 Å². The van der Waals surface area contributed by atoms with E-state index < -0.39 is 11.7 Å². The SMILES string of the molecule is Cc1ccccc1CNc1ccc(C(=O)Nc2ccc(F)c(Cl)c2)nn1. The van der Waals surface area contributed by atoms with E-state index in [4.69, 9.17) is 11.6 Å². The summed E-state index contributed by atoms with van der Waals surface area (Å²) in [5.74, 6) is -0.436. The average Bonchev–Trinajstić information content (AvgIpc) is 2.64. The second-order valence-corrected chi connectivity index (χ2v) is 6.07. The van der Waals surface area contributed by atoms with E-state index in [0.29, 0.717) is 18.1 Å². The van der Waals surface area contributed by atoms with Crippen LogP contribution in [-0.2, 0) is 6.54 Å². The summed E-state index contributed by atoms with van der Waals surface area (Å²) < 4.78 is 13.1. The van der Waals surface area contributed by atoms with Gasteiger partial charge in [0.25, 0.3) is 5.91 Å². The Morgan fingerprint density at radius 3 is 2.62 bits per heavy atom. The molecule has 1 heterocycles. The third-order valence-electron chi connectivity index (χ3n) is 3.80. The van der Waals surface area contributed by atoms with Crippen LogP contribution in [0.15, 0.2) is 54.6 Å². The van der Waals surface area contributed by atoms with Crippen molar-refractivity contribution in [1.82, 2.24) is 10.2 Å². The highest BCUT2D eigenvalue weighted by atomic mass is 35.5. The minimum atomic E-state index is -0.548. The lowest BCUT2D eigenvalue weighted by Gasteiger charge is -2.08. The maximum atomic E-state index is 13.1. The van der Waals surface area contributed by atoms with Gasteiger partial charge in [0.2, 0.25) is 0 Å². The topological polar surface area (TPSA) is 66.9 Å². The highest BCUT2D eigenvalue weighted by Crippen LogP contribution is 2.19. The van der Waals surface area contributed by atoms with E-state index in [9.17, 15) is 9.18 Å². The molecular formula is C19H16ClFN4O. The number of benzene rings is 2. The van der Waals surface area contributed by atoms with Gasteiger partial charge in [-0.15, -0.1) is 10.2 Å². The molecule has 0 aliphatic rings. The highest BCUT2D eigenvalue weighted by molar-refractivity contribution is 6.31. The molecule has 2 aromatic carbocycles. The number of anilines is 2. The van der Waals surface area contributed by atoms with E-state index in [0.717, 1.165) is 5.56 Å². The van der Waals surface area contributed by atoms with Gasteiger partial charge in [0.05, 0.1) is 5.02 Å². The van der Waals surface area contributed by atoms with Crippen LogP contribution in [0.2, 0.25) is 5.02 Å². The number of amides is 1. The average molecular weight is 371 g/mol. The zero-order chi connectivity index (χ0) is 18.5. The lowest BCUT2D eigenvalue weighted by molar-refractivity contribution is 0.102. The van der Waals surface area contributed by atoms with Crippen molar-refractivity contribution in [2.75, 3.05) is 10.6 Å². The molecule has 3 aromatic rings. The monoisotopic (exact) mass is 370 g/mol. The Kier molecular flexibility index (Phi) is 5.43. The number of hydrogen-bond acceptors (Lipinski definition) is 4. The first-order chi connectivity index (χ1) is 12.5. The standard InChI is InChI=1S/C19H16ClFN4O/c1-12-4-2-3-5-13(12)11-22-18-9-8-17(24-25-18)19(26)23-14-6-7-16(21)15(20)10-14/h2-10H,11H2,1H3,(H,22,25)(H,23,26). The fourth-order valence-electron chi connectivity index (χ4n) is 2.31. The fourth-order valence-corrected chi connectivity index (χ4v) is 2.49. The van der Waals surface area contributed by atoms with Crippen LogP contribution in [0.4, 0.5) is 15.9 Å². The molecule has 26 heavy (non-hydrogen) atoms. The zero-order valence-corrected chi connectivity index (χ0v) is 14.7. The van der Waals surface area contributed by atoms with Crippen LogP contribution in [0.3, 0.4) is 0 Å². The Balaban J connectivity index is 1.62. The normalized spacial score (nSPS) is 10.4. The molecule has 1 aromatic heterocycles. The number of aromatic nitrogens is 2. The summed E-state index contributed by atoms with van der Waals surface area (Å²) in [6.07, 6.45) is 0. The van der Waals surface area contributed by atoms with Crippen LogP contribution >= 0.6 is 11.6 Å². The molecule has 0 aliphatic carbocycles. The molecular weight excluding hydrogens is 355 g/mol. The second-order valence-electron chi connectivity index (χ2n) is 5.67. The molecule has 0 saturated heterocycles. The van der Waals surface area contributed by atoms with E-state index in [1.54, 1.807) is 12.1 Å². The minimum absolute atomic E-state index is 0.0652. The Labute approximate surface area is 155 Å².